The van der Waals surface area contributed by atoms with Crippen molar-refractivity contribution < 1.29 is 0 Å². The smallest absolute Gasteiger partial charge is 0.0346 e. The Labute approximate surface area is 114 Å². The quantitative estimate of drug-likeness (QED) is 0.741. The van der Waals surface area contributed by atoms with Crippen molar-refractivity contribution in [1.29, 1.82) is 0 Å². The fraction of sp³-hybridized carbons (Fsp3) is 0.333. The van der Waals surface area contributed by atoms with E-state index >= 15 is 0 Å². The minimum absolute atomic E-state index is 0.540. The van der Waals surface area contributed by atoms with Gasteiger partial charge in [-0.1, -0.05) is 36.4 Å². The van der Waals surface area contributed by atoms with Crippen molar-refractivity contribution in [2.75, 3.05) is 7.05 Å². The molecule has 2 aromatic rings. The maximum absolute atomic E-state index is 3.50. The van der Waals surface area contributed by atoms with Crippen molar-refractivity contribution in [3.63, 3.8) is 0 Å². The molecule has 0 saturated heterocycles. The molecule has 96 valence electrons. The molecule has 1 saturated carbocycles. The second-order valence-electron chi connectivity index (χ2n) is 5.85. The SMILES string of the molecule is CNC(c1ccc2c(c1)-c1ccccc1C2)C1CC1. The molecule has 1 fully saturated rings. The van der Waals surface area contributed by atoms with Crippen LogP contribution in [0.1, 0.15) is 35.6 Å². The summed E-state index contributed by atoms with van der Waals surface area (Å²) >= 11 is 0. The minimum Gasteiger partial charge on any atom is -0.313 e. The summed E-state index contributed by atoms with van der Waals surface area (Å²) < 4.78 is 0. The van der Waals surface area contributed by atoms with Gasteiger partial charge in [-0.05, 0) is 66.1 Å². The third-order valence-corrected chi connectivity index (χ3v) is 4.59. The van der Waals surface area contributed by atoms with E-state index in [0.29, 0.717) is 6.04 Å². The molecule has 4 rings (SSSR count). The monoisotopic (exact) mass is 249 g/mol. The van der Waals surface area contributed by atoms with Crippen LogP contribution in [-0.4, -0.2) is 7.05 Å². The Bertz CT molecular complexity index is 625. The molecule has 1 heteroatoms. The molecule has 1 atom stereocenters. The molecular formula is C18H19N. The molecule has 0 radical (unpaired) electrons. The van der Waals surface area contributed by atoms with Gasteiger partial charge in [-0.2, -0.15) is 0 Å². The van der Waals surface area contributed by atoms with Crippen LogP contribution in [0, 0.1) is 5.92 Å². The zero-order valence-electron chi connectivity index (χ0n) is 11.3. The lowest BCUT2D eigenvalue weighted by Crippen LogP contribution is -2.18. The molecule has 2 aromatic carbocycles. The Kier molecular flexibility index (Phi) is 2.49. The number of fused-ring (bicyclic) bond motifs is 3. The largest absolute Gasteiger partial charge is 0.313 e. The van der Waals surface area contributed by atoms with Gasteiger partial charge in [-0.3, -0.25) is 0 Å². The normalized spacial score (nSPS) is 17.9. The van der Waals surface area contributed by atoms with E-state index in [9.17, 15) is 0 Å². The lowest BCUT2D eigenvalue weighted by Gasteiger charge is -2.17. The lowest BCUT2D eigenvalue weighted by atomic mass is 9.97. The number of hydrogen-bond acceptors (Lipinski definition) is 1. The van der Waals surface area contributed by atoms with Crippen LogP contribution in [0.3, 0.4) is 0 Å². The van der Waals surface area contributed by atoms with Crippen molar-refractivity contribution in [3.8, 4) is 11.1 Å². The fourth-order valence-corrected chi connectivity index (χ4v) is 3.44. The second-order valence-corrected chi connectivity index (χ2v) is 5.85. The molecule has 0 aromatic heterocycles. The van der Waals surface area contributed by atoms with E-state index < -0.39 is 0 Å². The Morgan fingerprint density at radius 2 is 1.79 bits per heavy atom. The molecule has 2 aliphatic rings. The first-order valence-corrected chi connectivity index (χ1v) is 7.25. The van der Waals surface area contributed by atoms with E-state index in [1.165, 1.54) is 40.7 Å². The van der Waals surface area contributed by atoms with E-state index in [-0.39, 0.29) is 0 Å². The van der Waals surface area contributed by atoms with E-state index in [1.807, 2.05) is 0 Å². The molecular weight excluding hydrogens is 230 g/mol. The van der Waals surface area contributed by atoms with Gasteiger partial charge in [-0.15, -0.1) is 0 Å². The van der Waals surface area contributed by atoms with Crippen molar-refractivity contribution in [2.45, 2.75) is 25.3 Å². The Morgan fingerprint density at radius 3 is 2.58 bits per heavy atom. The molecule has 0 aliphatic heterocycles. The van der Waals surface area contributed by atoms with E-state index in [0.717, 1.165) is 12.3 Å². The van der Waals surface area contributed by atoms with Gasteiger partial charge in [0.25, 0.3) is 0 Å². The number of benzene rings is 2. The van der Waals surface area contributed by atoms with Gasteiger partial charge in [0.1, 0.15) is 0 Å². The average molecular weight is 249 g/mol. The highest BCUT2D eigenvalue weighted by molar-refractivity contribution is 5.77. The highest BCUT2D eigenvalue weighted by Crippen LogP contribution is 2.43. The van der Waals surface area contributed by atoms with Gasteiger partial charge in [0.15, 0.2) is 0 Å². The molecule has 1 N–H and O–H groups in total. The first-order valence-electron chi connectivity index (χ1n) is 7.25. The summed E-state index contributed by atoms with van der Waals surface area (Å²) in [6.45, 7) is 0. The summed E-state index contributed by atoms with van der Waals surface area (Å²) in [6, 6.07) is 16.4. The molecule has 0 spiro atoms. The summed E-state index contributed by atoms with van der Waals surface area (Å²) in [5.41, 5.74) is 7.30. The molecule has 2 aliphatic carbocycles. The summed E-state index contributed by atoms with van der Waals surface area (Å²) in [4.78, 5) is 0. The standard InChI is InChI=1S/C18H19N/c1-19-18(12-6-7-12)15-9-8-14-10-13-4-2-3-5-16(13)17(14)11-15/h2-5,8-9,11-12,18-19H,6-7,10H2,1H3. The highest BCUT2D eigenvalue weighted by atomic mass is 14.9. The predicted octanol–water partition coefficient (Wildman–Crippen LogP) is 3.93. The molecule has 1 unspecified atom stereocenters. The molecule has 0 heterocycles. The molecule has 0 bridgehead atoms. The zero-order chi connectivity index (χ0) is 12.8. The van der Waals surface area contributed by atoms with Gasteiger partial charge in [-0.25, -0.2) is 0 Å². The van der Waals surface area contributed by atoms with E-state index in [1.54, 1.807) is 0 Å². The van der Waals surface area contributed by atoms with Crippen LogP contribution < -0.4 is 5.32 Å². The average Bonchev–Trinajstić information content (AvgIpc) is 3.20. The van der Waals surface area contributed by atoms with Crippen LogP contribution in [-0.2, 0) is 6.42 Å². The third-order valence-electron chi connectivity index (χ3n) is 4.59. The Morgan fingerprint density at radius 1 is 1.00 bits per heavy atom. The summed E-state index contributed by atoms with van der Waals surface area (Å²) in [5, 5.41) is 3.50. The number of hydrogen-bond donors (Lipinski definition) is 1. The van der Waals surface area contributed by atoms with Crippen LogP contribution in [0.4, 0.5) is 0 Å². The summed E-state index contributed by atoms with van der Waals surface area (Å²) in [6.07, 6.45) is 3.85. The van der Waals surface area contributed by atoms with E-state index in [2.05, 4.69) is 54.8 Å². The maximum Gasteiger partial charge on any atom is 0.0346 e. The number of nitrogens with one attached hydrogen (secondary N) is 1. The predicted molar refractivity (Wildman–Crippen MR) is 79.2 cm³/mol. The van der Waals surface area contributed by atoms with Crippen molar-refractivity contribution in [2.24, 2.45) is 5.92 Å². The molecule has 19 heavy (non-hydrogen) atoms. The van der Waals surface area contributed by atoms with Crippen molar-refractivity contribution >= 4 is 0 Å². The van der Waals surface area contributed by atoms with Crippen LogP contribution in [0.2, 0.25) is 0 Å². The van der Waals surface area contributed by atoms with Gasteiger partial charge in [0.05, 0.1) is 0 Å². The van der Waals surface area contributed by atoms with Crippen LogP contribution in [0.25, 0.3) is 11.1 Å². The third kappa shape index (κ3) is 1.81. The number of rotatable bonds is 3. The summed E-state index contributed by atoms with van der Waals surface area (Å²) in [5.74, 6) is 0.847. The van der Waals surface area contributed by atoms with Crippen molar-refractivity contribution in [1.82, 2.24) is 5.32 Å². The maximum atomic E-state index is 3.50. The lowest BCUT2D eigenvalue weighted by molar-refractivity contribution is 0.529. The summed E-state index contributed by atoms with van der Waals surface area (Å²) in [7, 11) is 2.09. The Hall–Kier alpha value is -1.60. The van der Waals surface area contributed by atoms with Crippen LogP contribution >= 0.6 is 0 Å². The molecule has 0 amide bonds. The Balaban J connectivity index is 1.79. The van der Waals surface area contributed by atoms with Crippen LogP contribution in [0.5, 0.6) is 0 Å². The van der Waals surface area contributed by atoms with Crippen molar-refractivity contribution in [3.05, 3.63) is 59.2 Å². The molecule has 1 nitrogen and oxygen atoms in total. The van der Waals surface area contributed by atoms with E-state index in [4.69, 9.17) is 0 Å². The van der Waals surface area contributed by atoms with Gasteiger partial charge in [0, 0.05) is 6.04 Å². The van der Waals surface area contributed by atoms with Gasteiger partial charge in [0.2, 0.25) is 0 Å². The second kappa shape index (κ2) is 4.21. The first kappa shape index (κ1) is 11.2. The zero-order valence-corrected chi connectivity index (χ0v) is 11.3. The fourth-order valence-electron chi connectivity index (χ4n) is 3.44. The van der Waals surface area contributed by atoms with Crippen LogP contribution in [0.15, 0.2) is 42.5 Å². The van der Waals surface area contributed by atoms with Gasteiger partial charge < -0.3 is 5.32 Å². The topological polar surface area (TPSA) is 12.0 Å². The van der Waals surface area contributed by atoms with Gasteiger partial charge >= 0.3 is 0 Å². The minimum atomic E-state index is 0.540. The first-order chi connectivity index (χ1) is 9.36. The highest BCUT2D eigenvalue weighted by Gasteiger charge is 2.31.